The van der Waals surface area contributed by atoms with Crippen LogP contribution in [0.3, 0.4) is 0 Å². The van der Waals surface area contributed by atoms with Gasteiger partial charge in [-0.15, -0.1) is 0 Å². The first-order valence-electron chi connectivity index (χ1n) is 8.08. The number of carboxylic acids is 1. The van der Waals surface area contributed by atoms with E-state index in [1.165, 1.54) is 23.9 Å². The number of halogens is 1. The van der Waals surface area contributed by atoms with Gasteiger partial charge >= 0.3 is 5.97 Å². The van der Waals surface area contributed by atoms with Gasteiger partial charge in [0.05, 0.1) is 24.4 Å². The first-order valence-corrected chi connectivity index (χ1v) is 8.08. The Balaban J connectivity index is 2.00. The summed E-state index contributed by atoms with van der Waals surface area (Å²) in [5.41, 5.74) is 1.12. The van der Waals surface area contributed by atoms with Gasteiger partial charge in [-0.05, 0) is 17.2 Å². The monoisotopic (exact) mass is 373 g/mol. The molecule has 2 aromatic rings. The molecule has 0 saturated carbocycles. The smallest absolute Gasteiger partial charge is 0.339 e. The summed E-state index contributed by atoms with van der Waals surface area (Å²) >= 11 is 0. The van der Waals surface area contributed by atoms with Crippen molar-refractivity contribution in [3.63, 3.8) is 0 Å². The quantitative estimate of drug-likeness (QED) is 0.459. The highest BCUT2D eigenvalue weighted by Crippen LogP contribution is 2.07. The average molecular weight is 373 g/mol. The molecular weight excluding hydrogens is 353 g/mol. The van der Waals surface area contributed by atoms with E-state index in [0.717, 1.165) is 23.4 Å². The molecule has 0 atom stereocenters. The maximum absolute atomic E-state index is 13.2. The summed E-state index contributed by atoms with van der Waals surface area (Å²) in [7, 11) is 1.39. The van der Waals surface area contributed by atoms with Crippen molar-refractivity contribution in [2.24, 2.45) is 0 Å². The Morgan fingerprint density at radius 2 is 1.93 bits per heavy atom. The average Bonchev–Trinajstić information content (AvgIpc) is 2.63. The Bertz CT molecular complexity index is 904. The highest BCUT2D eigenvalue weighted by atomic mass is 19.1. The zero-order valence-electron chi connectivity index (χ0n) is 14.7. The van der Waals surface area contributed by atoms with Crippen molar-refractivity contribution in [2.75, 3.05) is 13.7 Å². The fraction of sp³-hybridized carbons (Fsp3) is 0.211. The van der Waals surface area contributed by atoms with E-state index in [1.807, 2.05) is 24.3 Å². The Morgan fingerprint density at radius 1 is 1.26 bits per heavy atom. The van der Waals surface area contributed by atoms with Crippen LogP contribution in [0.5, 0.6) is 0 Å². The van der Waals surface area contributed by atoms with Gasteiger partial charge in [-0.2, -0.15) is 0 Å². The van der Waals surface area contributed by atoms with Gasteiger partial charge in [0.1, 0.15) is 5.82 Å². The van der Waals surface area contributed by atoms with Crippen molar-refractivity contribution in [3.05, 3.63) is 81.7 Å². The van der Waals surface area contributed by atoms with Crippen LogP contribution in [0.15, 0.2) is 59.2 Å². The molecule has 1 aromatic carbocycles. The molecule has 7 nitrogen and oxygen atoms in total. The number of carbonyl (C=O) groups is 1. The van der Waals surface area contributed by atoms with Crippen molar-refractivity contribution >= 4 is 11.7 Å². The van der Waals surface area contributed by atoms with Crippen LogP contribution < -0.4 is 10.9 Å². The number of aromatic nitrogens is 1. The number of pyridine rings is 1. The van der Waals surface area contributed by atoms with Gasteiger partial charge in [-0.25, -0.2) is 9.18 Å². The summed E-state index contributed by atoms with van der Waals surface area (Å²) < 4.78 is 19.3. The molecule has 0 amide bonds. The van der Waals surface area contributed by atoms with Gasteiger partial charge in [-0.3, -0.25) is 4.79 Å². The molecule has 2 rings (SSSR count). The number of aliphatic carboxylic acids is 1. The zero-order valence-corrected chi connectivity index (χ0v) is 14.7. The molecule has 0 aliphatic rings. The van der Waals surface area contributed by atoms with E-state index in [4.69, 9.17) is 15.3 Å². The van der Waals surface area contributed by atoms with Crippen molar-refractivity contribution < 1.29 is 19.0 Å². The zero-order chi connectivity index (χ0) is 19.8. The lowest BCUT2D eigenvalue weighted by molar-refractivity contribution is -0.132. The fourth-order valence-corrected chi connectivity index (χ4v) is 2.36. The third kappa shape index (κ3) is 5.89. The van der Waals surface area contributed by atoms with Crippen molar-refractivity contribution in [1.29, 1.82) is 5.41 Å². The summed E-state index contributed by atoms with van der Waals surface area (Å²) in [5.74, 6) is -1.68. The van der Waals surface area contributed by atoms with E-state index in [1.54, 1.807) is 0 Å². The lowest BCUT2D eigenvalue weighted by Gasteiger charge is -2.08. The number of nitrogens with one attached hydrogen (secondary N) is 2. The summed E-state index contributed by atoms with van der Waals surface area (Å²) in [4.78, 5) is 22.9. The number of benzene rings is 1. The van der Waals surface area contributed by atoms with E-state index in [2.05, 4.69) is 5.32 Å². The van der Waals surface area contributed by atoms with Gasteiger partial charge < -0.3 is 25.1 Å². The van der Waals surface area contributed by atoms with E-state index in [-0.39, 0.29) is 30.0 Å². The van der Waals surface area contributed by atoms with Crippen LogP contribution in [0.25, 0.3) is 0 Å². The first-order chi connectivity index (χ1) is 12.9. The summed E-state index contributed by atoms with van der Waals surface area (Å²) in [5, 5.41) is 19.6. The van der Waals surface area contributed by atoms with Crippen molar-refractivity contribution in [3.8, 4) is 0 Å². The molecular formula is C19H20FN3O4. The third-order valence-corrected chi connectivity index (χ3v) is 3.72. The Morgan fingerprint density at radius 3 is 2.56 bits per heavy atom. The number of methoxy groups -OCH3 is 1. The standard InChI is InChI=1S/C19H20FN3O4/c1-27-12-17(21)16(19(25)26)9-22-8-13-2-4-14(5-3-13)10-23-11-15(20)6-7-18(23)24/h2-7,9,11,21-22H,8,10,12H2,1H3,(H,25,26)/b16-9+,21-17?. The molecule has 0 aliphatic heterocycles. The molecule has 1 heterocycles. The van der Waals surface area contributed by atoms with Gasteiger partial charge in [0.25, 0.3) is 5.56 Å². The van der Waals surface area contributed by atoms with Crippen LogP contribution in [0.4, 0.5) is 4.39 Å². The minimum Gasteiger partial charge on any atom is -0.478 e. The topological polar surface area (TPSA) is 104 Å². The maximum atomic E-state index is 13.2. The minimum absolute atomic E-state index is 0.0893. The number of hydrogen-bond acceptors (Lipinski definition) is 5. The lowest BCUT2D eigenvalue weighted by atomic mass is 10.1. The van der Waals surface area contributed by atoms with Crippen LogP contribution in [0, 0.1) is 11.2 Å². The lowest BCUT2D eigenvalue weighted by Crippen LogP contribution is -2.20. The van der Waals surface area contributed by atoms with Crippen LogP contribution in [0.2, 0.25) is 0 Å². The molecule has 3 N–H and O–H groups in total. The number of ether oxygens (including phenoxy) is 1. The van der Waals surface area contributed by atoms with Crippen LogP contribution in [-0.4, -0.2) is 35.1 Å². The number of rotatable bonds is 9. The summed E-state index contributed by atoms with van der Waals surface area (Å²) in [6.45, 7) is 0.521. The fourth-order valence-electron chi connectivity index (χ4n) is 2.36. The van der Waals surface area contributed by atoms with E-state index >= 15 is 0 Å². The second-order valence-corrected chi connectivity index (χ2v) is 5.79. The third-order valence-electron chi connectivity index (χ3n) is 3.72. The molecule has 142 valence electrons. The van der Waals surface area contributed by atoms with Crippen molar-refractivity contribution in [1.82, 2.24) is 9.88 Å². The van der Waals surface area contributed by atoms with E-state index < -0.39 is 11.8 Å². The summed E-state index contributed by atoms with van der Waals surface area (Å²) in [6, 6.07) is 9.56. The van der Waals surface area contributed by atoms with Crippen LogP contribution in [0.1, 0.15) is 11.1 Å². The van der Waals surface area contributed by atoms with E-state index in [0.29, 0.717) is 6.54 Å². The second kappa shape index (κ2) is 9.44. The van der Waals surface area contributed by atoms with Gasteiger partial charge in [0, 0.05) is 32.1 Å². The molecule has 0 fully saturated rings. The Kier molecular flexibility index (Phi) is 7.01. The normalized spacial score (nSPS) is 11.3. The molecule has 0 radical (unpaired) electrons. The predicted molar refractivity (Wildman–Crippen MR) is 98.4 cm³/mol. The molecule has 0 saturated heterocycles. The highest BCUT2D eigenvalue weighted by molar-refractivity contribution is 6.18. The Hall–Kier alpha value is -3.26. The highest BCUT2D eigenvalue weighted by Gasteiger charge is 2.12. The van der Waals surface area contributed by atoms with Crippen molar-refractivity contribution in [2.45, 2.75) is 13.1 Å². The molecule has 27 heavy (non-hydrogen) atoms. The molecule has 1 aromatic heterocycles. The second-order valence-electron chi connectivity index (χ2n) is 5.79. The Labute approximate surface area is 155 Å². The minimum atomic E-state index is -1.21. The van der Waals surface area contributed by atoms with Gasteiger partial charge in [0.15, 0.2) is 0 Å². The molecule has 0 spiro atoms. The molecule has 8 heteroatoms. The SMILES string of the molecule is COCC(=N)/C(=C\NCc1ccc(Cn2cc(F)ccc2=O)cc1)C(=O)O. The van der Waals surface area contributed by atoms with Crippen LogP contribution >= 0.6 is 0 Å². The van der Waals surface area contributed by atoms with Gasteiger partial charge in [-0.1, -0.05) is 24.3 Å². The number of nitrogens with zero attached hydrogens (tertiary/aromatic N) is 1. The largest absolute Gasteiger partial charge is 0.478 e. The van der Waals surface area contributed by atoms with E-state index in [9.17, 15) is 14.0 Å². The molecule has 0 bridgehead atoms. The number of carboxylic acid groups (broad SMARTS) is 1. The summed E-state index contributed by atoms with van der Waals surface area (Å²) in [6.07, 6.45) is 2.43. The molecule has 0 unspecified atom stereocenters. The molecule has 0 aliphatic carbocycles. The van der Waals surface area contributed by atoms with Gasteiger partial charge in [0.2, 0.25) is 0 Å². The maximum Gasteiger partial charge on any atom is 0.339 e. The van der Waals surface area contributed by atoms with Crippen LogP contribution in [-0.2, 0) is 22.6 Å². The first kappa shape index (κ1) is 20.1. The predicted octanol–water partition coefficient (Wildman–Crippen LogP) is 1.76. The number of hydrogen-bond donors (Lipinski definition) is 3.